The molecule has 2 rings (SSSR count). The molecule has 20 heavy (non-hydrogen) atoms. The second-order valence-electron chi connectivity index (χ2n) is 3.63. The predicted octanol–water partition coefficient (Wildman–Crippen LogP) is 5.44. The summed E-state index contributed by atoms with van der Waals surface area (Å²) in [5.41, 5.74) is 0. The predicted molar refractivity (Wildman–Crippen MR) is 90.4 cm³/mol. The minimum Gasteiger partial charge on any atom is -0.870 e. The Kier molecular flexibility index (Phi) is 5.45. The van der Waals surface area contributed by atoms with Crippen LogP contribution in [0.2, 0.25) is 0 Å². The lowest BCUT2D eigenvalue weighted by atomic mass is 10.3. The van der Waals surface area contributed by atoms with Crippen LogP contribution in [0.15, 0.2) is 40.6 Å². The molecule has 0 saturated heterocycles. The zero-order valence-corrected chi connectivity index (χ0v) is 17.3. The van der Waals surface area contributed by atoms with Crippen molar-refractivity contribution >= 4 is 79.6 Å². The summed E-state index contributed by atoms with van der Waals surface area (Å²) in [6.45, 7) is 0. The lowest BCUT2D eigenvalue weighted by Gasteiger charge is -2.22. The first-order valence-corrected chi connectivity index (χ1v) is 8.96. The first kappa shape index (κ1) is 16.6. The molecule has 0 atom stereocenters. The second kappa shape index (κ2) is 6.56. The van der Waals surface area contributed by atoms with E-state index in [0.717, 1.165) is 0 Å². The molecule has 106 valence electrons. The highest BCUT2D eigenvalue weighted by molar-refractivity contribution is 9.14. The fraction of sp³-hybridized carbons (Fsp3) is 0. The van der Waals surface area contributed by atoms with Crippen LogP contribution in [0.5, 0.6) is 23.0 Å². The Hall–Kier alpha value is 0.240. The van der Waals surface area contributed by atoms with Gasteiger partial charge in [0, 0.05) is 13.4 Å². The molecule has 0 N–H and O–H groups in total. The normalized spacial score (nSPS) is 10.7. The van der Waals surface area contributed by atoms with Crippen molar-refractivity contribution in [2.75, 3.05) is 0 Å². The Morgan fingerprint density at radius 3 is 1.90 bits per heavy atom. The van der Waals surface area contributed by atoms with Gasteiger partial charge in [-0.15, -0.1) is 0 Å². The molecule has 0 aliphatic rings. The summed E-state index contributed by atoms with van der Waals surface area (Å²) in [7, 11) is 0. The summed E-state index contributed by atoms with van der Waals surface area (Å²) in [4.78, 5) is 0. The molecular formula is C12H3Br5O3-2. The van der Waals surface area contributed by atoms with Crippen molar-refractivity contribution in [2.45, 2.75) is 0 Å². The Bertz CT molecular complexity index is 664. The van der Waals surface area contributed by atoms with Gasteiger partial charge in [0.05, 0.1) is 8.95 Å². The summed E-state index contributed by atoms with van der Waals surface area (Å²) in [6.07, 6.45) is 0. The highest BCUT2D eigenvalue weighted by Crippen LogP contribution is 2.47. The monoisotopic (exact) mass is 590 g/mol. The molecule has 0 aliphatic heterocycles. The van der Waals surface area contributed by atoms with E-state index >= 15 is 0 Å². The lowest BCUT2D eigenvalue weighted by Crippen LogP contribution is -2.00. The topological polar surface area (TPSA) is 55.3 Å². The maximum Gasteiger partial charge on any atom is 0.135 e. The van der Waals surface area contributed by atoms with Crippen LogP contribution in [0, 0.1) is 0 Å². The van der Waals surface area contributed by atoms with Gasteiger partial charge < -0.3 is 14.9 Å². The van der Waals surface area contributed by atoms with E-state index in [2.05, 4.69) is 79.6 Å². The van der Waals surface area contributed by atoms with Crippen LogP contribution in [-0.2, 0) is 0 Å². The van der Waals surface area contributed by atoms with Crippen molar-refractivity contribution in [3.05, 3.63) is 40.6 Å². The molecule has 2 aromatic carbocycles. The van der Waals surface area contributed by atoms with Gasteiger partial charge in [-0.1, -0.05) is 39.6 Å². The highest BCUT2D eigenvalue weighted by atomic mass is 79.9. The van der Waals surface area contributed by atoms with E-state index in [-0.39, 0.29) is 23.0 Å². The lowest BCUT2D eigenvalue weighted by molar-refractivity contribution is -0.272. The van der Waals surface area contributed by atoms with Gasteiger partial charge in [-0.3, -0.25) is 0 Å². The number of hydrogen-bond acceptors (Lipinski definition) is 3. The van der Waals surface area contributed by atoms with Crippen molar-refractivity contribution in [1.29, 1.82) is 0 Å². The molecule has 0 fully saturated rings. The minimum atomic E-state index is -0.346. The SMILES string of the molecule is [O-]c1cc(Br)cc(Br)c1Oc1c([O-])cc(Br)c(Br)c1Br. The molecule has 0 spiro atoms. The molecule has 3 nitrogen and oxygen atoms in total. The Labute approximate surface area is 157 Å². The van der Waals surface area contributed by atoms with E-state index in [1.165, 1.54) is 12.1 Å². The van der Waals surface area contributed by atoms with E-state index in [4.69, 9.17) is 4.74 Å². The third-order valence-electron chi connectivity index (χ3n) is 2.26. The standard InChI is InChI=1S/C12H5Br5O3/c13-4-1-6(15)11(7(18)2-4)20-12-8(19)3-5(14)9(16)10(12)17/h1-3,18-19H/p-2. The molecule has 8 heteroatoms. The molecular weight excluding hydrogens is 592 g/mol. The van der Waals surface area contributed by atoms with Gasteiger partial charge in [-0.2, -0.15) is 0 Å². The van der Waals surface area contributed by atoms with Crippen LogP contribution in [0.4, 0.5) is 0 Å². The van der Waals surface area contributed by atoms with Gasteiger partial charge in [0.15, 0.2) is 0 Å². The molecule has 0 saturated carbocycles. The zero-order valence-electron chi connectivity index (χ0n) is 9.35. The summed E-state index contributed by atoms with van der Waals surface area (Å²) in [6, 6.07) is 4.40. The Morgan fingerprint density at radius 2 is 1.30 bits per heavy atom. The van der Waals surface area contributed by atoms with E-state index in [1.54, 1.807) is 6.07 Å². The second-order valence-corrected chi connectivity index (χ2v) is 7.84. The average Bonchev–Trinajstić information content (AvgIpc) is 2.34. The fourth-order valence-corrected chi connectivity index (χ4v) is 4.11. The van der Waals surface area contributed by atoms with Crippen LogP contribution < -0.4 is 14.9 Å². The molecule has 0 bridgehead atoms. The number of hydrogen-bond donors (Lipinski definition) is 0. The summed E-state index contributed by atoms with van der Waals surface area (Å²) in [5.74, 6) is -0.585. The highest BCUT2D eigenvalue weighted by Gasteiger charge is 2.13. The van der Waals surface area contributed by atoms with E-state index in [0.29, 0.717) is 22.4 Å². The summed E-state index contributed by atoms with van der Waals surface area (Å²) >= 11 is 16.3. The largest absolute Gasteiger partial charge is 0.870 e. The van der Waals surface area contributed by atoms with E-state index < -0.39 is 0 Å². The molecule has 0 aromatic heterocycles. The summed E-state index contributed by atoms with van der Waals surface area (Å²) in [5, 5.41) is 23.9. The Morgan fingerprint density at radius 1 is 0.700 bits per heavy atom. The maximum atomic E-state index is 12.0. The quantitative estimate of drug-likeness (QED) is 0.436. The van der Waals surface area contributed by atoms with Crippen LogP contribution in [0.25, 0.3) is 0 Å². The first-order valence-electron chi connectivity index (χ1n) is 4.99. The smallest absolute Gasteiger partial charge is 0.135 e. The number of rotatable bonds is 2. The van der Waals surface area contributed by atoms with Crippen molar-refractivity contribution in [1.82, 2.24) is 0 Å². The van der Waals surface area contributed by atoms with Gasteiger partial charge in [0.25, 0.3) is 0 Å². The average molecular weight is 595 g/mol. The van der Waals surface area contributed by atoms with Gasteiger partial charge in [-0.25, -0.2) is 0 Å². The van der Waals surface area contributed by atoms with Crippen LogP contribution in [0.1, 0.15) is 0 Å². The van der Waals surface area contributed by atoms with E-state index in [9.17, 15) is 10.2 Å². The Balaban J connectivity index is 2.54. The maximum absolute atomic E-state index is 12.0. The molecule has 0 amide bonds. The van der Waals surface area contributed by atoms with Gasteiger partial charge in [0.1, 0.15) is 11.5 Å². The van der Waals surface area contributed by atoms with Gasteiger partial charge >= 0.3 is 0 Å². The number of ether oxygens (including phenoxy) is 1. The third-order valence-corrected chi connectivity index (χ3v) is 6.58. The third kappa shape index (κ3) is 3.35. The van der Waals surface area contributed by atoms with Crippen LogP contribution in [0.3, 0.4) is 0 Å². The van der Waals surface area contributed by atoms with E-state index in [1.807, 2.05) is 0 Å². The molecule has 2 aromatic rings. The van der Waals surface area contributed by atoms with Crippen molar-refractivity contribution in [2.24, 2.45) is 0 Å². The first-order chi connectivity index (χ1) is 9.31. The van der Waals surface area contributed by atoms with Crippen molar-refractivity contribution in [3.8, 4) is 23.0 Å². The molecule has 0 heterocycles. The minimum absolute atomic E-state index is 0.0418. The molecule has 0 aliphatic carbocycles. The van der Waals surface area contributed by atoms with Crippen LogP contribution >= 0.6 is 79.6 Å². The number of benzene rings is 2. The fourth-order valence-electron chi connectivity index (χ4n) is 1.39. The number of halogens is 5. The van der Waals surface area contributed by atoms with Gasteiger partial charge in [-0.05, 0) is 69.8 Å². The van der Waals surface area contributed by atoms with Gasteiger partial charge in [0.2, 0.25) is 0 Å². The summed E-state index contributed by atoms with van der Waals surface area (Å²) < 4.78 is 8.25. The van der Waals surface area contributed by atoms with Crippen molar-refractivity contribution in [3.63, 3.8) is 0 Å². The van der Waals surface area contributed by atoms with Crippen LogP contribution in [-0.4, -0.2) is 0 Å². The molecule has 0 unspecified atom stereocenters. The zero-order chi connectivity index (χ0) is 15.0. The molecule has 0 radical (unpaired) electrons. The van der Waals surface area contributed by atoms with Crippen molar-refractivity contribution < 1.29 is 14.9 Å².